The Morgan fingerprint density at radius 2 is 1.88 bits per heavy atom. The molecule has 0 unspecified atom stereocenters. The molecule has 5 nitrogen and oxygen atoms in total. The van der Waals surface area contributed by atoms with Gasteiger partial charge in [0.2, 0.25) is 0 Å². The largest absolute Gasteiger partial charge is 0.509 e. The third kappa shape index (κ3) is 2.27. The van der Waals surface area contributed by atoms with Gasteiger partial charge in [0.25, 0.3) is 0 Å². The number of hydrogen-bond acceptors (Lipinski definition) is 3. The molecule has 0 aliphatic carbocycles. The molecule has 0 fully saturated rings. The average Bonchev–Trinajstić information content (AvgIpc) is 3.07. The number of anilines is 1. The summed E-state index contributed by atoms with van der Waals surface area (Å²) in [5.41, 5.74) is 2.20. The summed E-state index contributed by atoms with van der Waals surface area (Å²) in [7, 11) is 1.80. The summed E-state index contributed by atoms with van der Waals surface area (Å²) in [4.78, 5) is 5.91. The van der Waals surface area contributed by atoms with E-state index in [-0.39, 0.29) is 23.7 Å². The molecular formula is C18H14F2N4O. The van der Waals surface area contributed by atoms with Crippen LogP contribution in [0.4, 0.5) is 14.5 Å². The lowest BCUT2D eigenvalue weighted by Gasteiger charge is -2.19. The molecule has 7 heteroatoms. The number of imidazole rings is 1. The topological polar surface area (TPSA) is 65.1 Å². The van der Waals surface area contributed by atoms with Crippen molar-refractivity contribution in [1.82, 2.24) is 9.55 Å². The number of aryl methyl sites for hydroxylation is 1. The van der Waals surface area contributed by atoms with Crippen LogP contribution >= 0.6 is 0 Å². The zero-order valence-corrected chi connectivity index (χ0v) is 13.3. The van der Waals surface area contributed by atoms with Crippen molar-refractivity contribution >= 4 is 28.1 Å². The molecule has 0 saturated carbocycles. The number of para-hydroxylation sites is 2. The molecule has 2 aromatic carbocycles. The van der Waals surface area contributed by atoms with Gasteiger partial charge in [-0.05, 0) is 24.3 Å². The molecule has 0 atom stereocenters. The number of amidine groups is 1. The molecule has 0 saturated heterocycles. The molecule has 3 aromatic rings. The highest BCUT2D eigenvalue weighted by atomic mass is 19.2. The van der Waals surface area contributed by atoms with E-state index in [1.165, 1.54) is 11.0 Å². The molecule has 25 heavy (non-hydrogen) atoms. The Morgan fingerprint density at radius 1 is 1.12 bits per heavy atom. The van der Waals surface area contributed by atoms with E-state index in [1.54, 1.807) is 11.6 Å². The second-order valence-electron chi connectivity index (χ2n) is 5.84. The molecular weight excluding hydrogens is 326 g/mol. The van der Waals surface area contributed by atoms with Crippen LogP contribution < -0.4 is 4.90 Å². The standard InChI is InChI=1S/C18H14F2N4O/c1-23-14-5-3-2-4-13(14)22-18(23)16-15(25)9-24(17(16)21)10-6-7-11(19)12(20)8-10/h2-8,21,25H,9H2,1H3. The highest BCUT2D eigenvalue weighted by Crippen LogP contribution is 2.32. The fraction of sp³-hybridized carbons (Fsp3) is 0.111. The predicted octanol–water partition coefficient (Wildman–Crippen LogP) is 3.62. The number of aromatic nitrogens is 2. The Hall–Kier alpha value is -3.22. The first kappa shape index (κ1) is 15.3. The van der Waals surface area contributed by atoms with Gasteiger partial charge in [0, 0.05) is 18.8 Å². The van der Waals surface area contributed by atoms with Crippen LogP contribution in [0.25, 0.3) is 16.6 Å². The van der Waals surface area contributed by atoms with Crippen LogP contribution in [0.2, 0.25) is 0 Å². The van der Waals surface area contributed by atoms with E-state index in [0.717, 1.165) is 23.2 Å². The lowest BCUT2D eigenvalue weighted by atomic mass is 10.2. The first-order chi connectivity index (χ1) is 12.0. The number of nitrogens with one attached hydrogen (secondary N) is 1. The van der Waals surface area contributed by atoms with Crippen molar-refractivity contribution in [1.29, 1.82) is 5.41 Å². The summed E-state index contributed by atoms with van der Waals surface area (Å²) in [6, 6.07) is 10.9. The zero-order chi connectivity index (χ0) is 17.7. The second-order valence-corrected chi connectivity index (χ2v) is 5.84. The molecule has 0 bridgehead atoms. The van der Waals surface area contributed by atoms with Gasteiger partial charge in [0.05, 0.1) is 23.2 Å². The molecule has 0 radical (unpaired) electrons. The van der Waals surface area contributed by atoms with Gasteiger partial charge < -0.3 is 14.6 Å². The van der Waals surface area contributed by atoms with E-state index in [1.807, 2.05) is 24.3 Å². The number of aliphatic hydroxyl groups excluding tert-OH is 1. The van der Waals surface area contributed by atoms with E-state index in [4.69, 9.17) is 5.41 Å². The Morgan fingerprint density at radius 3 is 2.60 bits per heavy atom. The molecule has 0 amide bonds. The van der Waals surface area contributed by atoms with Gasteiger partial charge in [-0.3, -0.25) is 5.41 Å². The number of benzene rings is 2. The number of rotatable bonds is 2. The fourth-order valence-corrected chi connectivity index (χ4v) is 3.06. The van der Waals surface area contributed by atoms with Gasteiger partial charge in [-0.25, -0.2) is 13.8 Å². The summed E-state index contributed by atoms with van der Waals surface area (Å²) < 4.78 is 28.5. The van der Waals surface area contributed by atoms with Gasteiger partial charge in [-0.1, -0.05) is 12.1 Å². The first-order valence-electron chi connectivity index (χ1n) is 7.63. The molecule has 4 rings (SSSR count). The Bertz CT molecular complexity index is 1050. The van der Waals surface area contributed by atoms with Crippen molar-refractivity contribution in [2.75, 3.05) is 11.4 Å². The van der Waals surface area contributed by atoms with E-state index in [9.17, 15) is 13.9 Å². The van der Waals surface area contributed by atoms with E-state index in [2.05, 4.69) is 4.98 Å². The van der Waals surface area contributed by atoms with Gasteiger partial charge in [0.1, 0.15) is 17.4 Å². The van der Waals surface area contributed by atoms with Gasteiger partial charge in [-0.2, -0.15) is 0 Å². The van der Waals surface area contributed by atoms with Gasteiger partial charge >= 0.3 is 0 Å². The smallest absolute Gasteiger partial charge is 0.160 e. The first-order valence-corrected chi connectivity index (χ1v) is 7.63. The minimum Gasteiger partial charge on any atom is -0.509 e. The van der Waals surface area contributed by atoms with Crippen LogP contribution in [0.3, 0.4) is 0 Å². The predicted molar refractivity (Wildman–Crippen MR) is 91.7 cm³/mol. The van der Waals surface area contributed by atoms with Gasteiger partial charge in [0.15, 0.2) is 11.6 Å². The number of aliphatic hydroxyl groups is 1. The lowest BCUT2D eigenvalue weighted by molar-refractivity contribution is 0.411. The zero-order valence-electron chi connectivity index (χ0n) is 13.3. The SMILES string of the molecule is Cn1c(C2=C(O)CN(c3ccc(F)c(F)c3)C2=N)nc2ccccc21. The van der Waals surface area contributed by atoms with Crippen molar-refractivity contribution in [2.24, 2.45) is 7.05 Å². The molecule has 1 aliphatic heterocycles. The number of halogens is 2. The summed E-state index contributed by atoms with van der Waals surface area (Å²) in [6.45, 7) is 0.00242. The summed E-state index contributed by atoms with van der Waals surface area (Å²) in [6.07, 6.45) is 0. The highest BCUT2D eigenvalue weighted by molar-refractivity contribution is 6.30. The van der Waals surface area contributed by atoms with Crippen molar-refractivity contribution < 1.29 is 13.9 Å². The Kier molecular flexibility index (Phi) is 3.31. The molecule has 2 heterocycles. The maximum atomic E-state index is 13.5. The summed E-state index contributed by atoms with van der Waals surface area (Å²) >= 11 is 0. The number of nitrogens with zero attached hydrogens (tertiary/aromatic N) is 3. The van der Waals surface area contributed by atoms with E-state index in [0.29, 0.717) is 11.5 Å². The van der Waals surface area contributed by atoms with Crippen LogP contribution in [-0.4, -0.2) is 27.0 Å². The average molecular weight is 340 g/mol. The van der Waals surface area contributed by atoms with Crippen LogP contribution in [0.1, 0.15) is 5.82 Å². The minimum atomic E-state index is -0.999. The Balaban J connectivity index is 1.78. The number of fused-ring (bicyclic) bond motifs is 1. The normalized spacial score (nSPS) is 14.8. The Labute approximate surface area is 142 Å². The molecule has 126 valence electrons. The monoisotopic (exact) mass is 340 g/mol. The third-order valence-electron chi connectivity index (χ3n) is 4.33. The van der Waals surface area contributed by atoms with E-state index >= 15 is 0 Å². The number of hydrogen-bond donors (Lipinski definition) is 2. The maximum Gasteiger partial charge on any atom is 0.160 e. The van der Waals surface area contributed by atoms with Crippen LogP contribution in [0.15, 0.2) is 48.2 Å². The van der Waals surface area contributed by atoms with Crippen LogP contribution in [0.5, 0.6) is 0 Å². The van der Waals surface area contributed by atoms with Crippen molar-refractivity contribution in [3.05, 3.63) is 65.7 Å². The third-order valence-corrected chi connectivity index (χ3v) is 4.33. The minimum absolute atomic E-state index is 0.00242. The van der Waals surface area contributed by atoms with Crippen molar-refractivity contribution in [3.63, 3.8) is 0 Å². The molecule has 1 aromatic heterocycles. The van der Waals surface area contributed by atoms with Crippen LogP contribution in [-0.2, 0) is 7.05 Å². The fourth-order valence-electron chi connectivity index (χ4n) is 3.06. The van der Waals surface area contributed by atoms with Crippen molar-refractivity contribution in [2.45, 2.75) is 0 Å². The van der Waals surface area contributed by atoms with E-state index < -0.39 is 11.6 Å². The van der Waals surface area contributed by atoms with Crippen LogP contribution in [0, 0.1) is 17.0 Å². The summed E-state index contributed by atoms with van der Waals surface area (Å²) in [5, 5.41) is 18.8. The quantitative estimate of drug-likeness (QED) is 0.749. The van der Waals surface area contributed by atoms with Crippen molar-refractivity contribution in [3.8, 4) is 0 Å². The van der Waals surface area contributed by atoms with Gasteiger partial charge in [-0.15, -0.1) is 0 Å². The molecule has 1 aliphatic rings. The lowest BCUT2D eigenvalue weighted by Crippen LogP contribution is -2.26. The molecule has 0 spiro atoms. The maximum absolute atomic E-state index is 13.5. The second kappa shape index (κ2) is 5.41. The molecule has 2 N–H and O–H groups in total. The summed E-state index contributed by atoms with van der Waals surface area (Å²) in [5.74, 6) is -1.55. The highest BCUT2D eigenvalue weighted by Gasteiger charge is 2.32.